The highest BCUT2D eigenvalue weighted by Crippen LogP contribution is 2.26. The number of nitrogens with one attached hydrogen (secondary N) is 1. The van der Waals surface area contributed by atoms with Gasteiger partial charge < -0.3 is 9.84 Å². The third-order valence-corrected chi connectivity index (χ3v) is 5.35. The number of carbonyl (C=O) groups is 2. The van der Waals surface area contributed by atoms with Crippen LogP contribution in [0, 0.1) is 13.8 Å². The number of para-hydroxylation sites is 1. The number of rotatable bonds is 6. The van der Waals surface area contributed by atoms with Gasteiger partial charge in [-0.15, -0.1) is 0 Å². The molecule has 2 heterocycles. The molecule has 0 bridgehead atoms. The van der Waals surface area contributed by atoms with Crippen molar-refractivity contribution in [2.24, 2.45) is 0 Å². The number of ketones is 2. The number of anilines is 1. The Hall–Kier alpha value is -3.21. The Kier molecular flexibility index (Phi) is 4.82. The molecule has 0 saturated carbocycles. The Morgan fingerprint density at radius 1 is 1.14 bits per heavy atom. The van der Waals surface area contributed by atoms with Crippen LogP contribution in [0.3, 0.4) is 0 Å². The predicted octanol–water partition coefficient (Wildman–Crippen LogP) is 3.87. The normalized spacial score (nSPS) is 15.1. The van der Waals surface area contributed by atoms with E-state index >= 15 is 0 Å². The second-order valence-corrected chi connectivity index (χ2v) is 7.36. The van der Waals surface area contributed by atoms with Gasteiger partial charge in [0.05, 0.1) is 17.8 Å². The first kappa shape index (κ1) is 18.2. The van der Waals surface area contributed by atoms with Crippen molar-refractivity contribution in [3.63, 3.8) is 0 Å². The van der Waals surface area contributed by atoms with Crippen LogP contribution in [-0.4, -0.2) is 22.8 Å². The second-order valence-electron chi connectivity index (χ2n) is 7.36. The lowest BCUT2D eigenvalue weighted by molar-refractivity contribution is -0.119. The molecule has 0 saturated heterocycles. The van der Waals surface area contributed by atoms with E-state index in [1.54, 1.807) is 6.92 Å². The number of hydrogen-bond acceptors (Lipinski definition) is 5. The standard InChI is InChI=1S/C23H22N2O3/c1-14-7-8-16(9-18(14)12-22(26)19-13-24-28-15(19)2)10-23(27)21-11-17-5-3-4-6-20(17)25-21/h3-9,13,21,25H,10-12H2,1-2H3. The van der Waals surface area contributed by atoms with E-state index in [0.717, 1.165) is 28.8 Å². The van der Waals surface area contributed by atoms with E-state index < -0.39 is 0 Å². The van der Waals surface area contributed by atoms with Crippen molar-refractivity contribution in [1.29, 1.82) is 0 Å². The van der Waals surface area contributed by atoms with Crippen molar-refractivity contribution >= 4 is 17.3 Å². The maximum absolute atomic E-state index is 12.8. The molecule has 4 rings (SSSR count). The SMILES string of the molecule is Cc1ccc(CC(=O)C2Cc3ccccc3N2)cc1CC(=O)c1cnoc1C. The number of hydrogen-bond donors (Lipinski definition) is 1. The molecule has 1 unspecified atom stereocenters. The van der Waals surface area contributed by atoms with E-state index in [1.165, 1.54) is 11.8 Å². The number of aryl methyl sites for hydroxylation is 2. The average Bonchev–Trinajstić information content (AvgIpc) is 3.30. The van der Waals surface area contributed by atoms with E-state index in [-0.39, 0.29) is 24.0 Å². The van der Waals surface area contributed by atoms with E-state index in [9.17, 15) is 9.59 Å². The lowest BCUT2D eigenvalue weighted by atomic mass is 9.95. The van der Waals surface area contributed by atoms with Crippen molar-refractivity contribution < 1.29 is 14.1 Å². The highest BCUT2D eigenvalue weighted by Gasteiger charge is 2.26. The molecule has 5 heteroatoms. The van der Waals surface area contributed by atoms with Gasteiger partial charge in [-0.1, -0.05) is 41.6 Å². The molecule has 142 valence electrons. The minimum absolute atomic E-state index is 0.0294. The Labute approximate surface area is 163 Å². The fraction of sp³-hybridized carbons (Fsp3) is 0.261. The minimum Gasteiger partial charge on any atom is -0.375 e. The van der Waals surface area contributed by atoms with Gasteiger partial charge in [0.2, 0.25) is 0 Å². The molecule has 5 nitrogen and oxygen atoms in total. The number of fused-ring (bicyclic) bond motifs is 1. The molecular formula is C23H22N2O3. The van der Waals surface area contributed by atoms with Gasteiger partial charge in [0, 0.05) is 24.9 Å². The molecule has 0 amide bonds. The molecule has 1 aliphatic rings. The first-order valence-corrected chi connectivity index (χ1v) is 9.41. The number of Topliss-reactive ketones (excluding diaryl/α,β-unsaturated/α-hetero) is 2. The Morgan fingerprint density at radius 2 is 1.96 bits per heavy atom. The predicted molar refractivity (Wildman–Crippen MR) is 107 cm³/mol. The number of nitrogens with zero attached hydrogens (tertiary/aromatic N) is 1. The molecule has 28 heavy (non-hydrogen) atoms. The second kappa shape index (κ2) is 7.43. The fourth-order valence-electron chi connectivity index (χ4n) is 3.68. The number of aromatic nitrogens is 1. The van der Waals surface area contributed by atoms with Crippen LogP contribution in [0.25, 0.3) is 0 Å². The zero-order valence-electron chi connectivity index (χ0n) is 16.0. The van der Waals surface area contributed by atoms with Crippen LogP contribution >= 0.6 is 0 Å². The van der Waals surface area contributed by atoms with Crippen molar-refractivity contribution in [2.75, 3.05) is 5.32 Å². The molecule has 0 aliphatic carbocycles. The summed E-state index contributed by atoms with van der Waals surface area (Å²) in [5.74, 6) is 0.659. The van der Waals surface area contributed by atoms with E-state index in [4.69, 9.17) is 4.52 Å². The number of carbonyl (C=O) groups excluding carboxylic acids is 2. The van der Waals surface area contributed by atoms with Crippen LogP contribution in [0.15, 0.2) is 53.2 Å². The summed E-state index contributed by atoms with van der Waals surface area (Å²) in [5, 5.41) is 6.99. The van der Waals surface area contributed by atoms with Crippen LogP contribution < -0.4 is 5.32 Å². The topological polar surface area (TPSA) is 72.2 Å². The Morgan fingerprint density at radius 3 is 2.71 bits per heavy atom. The zero-order valence-corrected chi connectivity index (χ0v) is 16.0. The van der Waals surface area contributed by atoms with Crippen molar-refractivity contribution in [3.8, 4) is 0 Å². The third-order valence-electron chi connectivity index (χ3n) is 5.35. The molecule has 1 aliphatic heterocycles. The highest BCUT2D eigenvalue weighted by molar-refractivity contribution is 5.98. The van der Waals surface area contributed by atoms with Crippen LogP contribution in [0.5, 0.6) is 0 Å². The van der Waals surface area contributed by atoms with Crippen LogP contribution in [0.2, 0.25) is 0 Å². The summed E-state index contributed by atoms with van der Waals surface area (Å²) in [7, 11) is 0. The van der Waals surface area contributed by atoms with Crippen molar-refractivity contribution in [1.82, 2.24) is 5.16 Å². The summed E-state index contributed by atoms with van der Waals surface area (Å²) in [6.45, 7) is 3.71. The molecule has 3 aromatic rings. The monoisotopic (exact) mass is 374 g/mol. The zero-order chi connectivity index (χ0) is 19.7. The number of benzene rings is 2. The molecule has 1 atom stereocenters. The van der Waals surface area contributed by atoms with Crippen LogP contribution in [0.4, 0.5) is 5.69 Å². The first-order chi connectivity index (χ1) is 13.5. The van der Waals surface area contributed by atoms with Gasteiger partial charge in [-0.2, -0.15) is 0 Å². The Bertz CT molecular complexity index is 1030. The maximum Gasteiger partial charge on any atom is 0.172 e. The van der Waals surface area contributed by atoms with Gasteiger partial charge in [0.25, 0.3) is 0 Å². The quantitative estimate of drug-likeness (QED) is 0.663. The molecular weight excluding hydrogens is 352 g/mol. The van der Waals surface area contributed by atoms with E-state index in [2.05, 4.69) is 16.5 Å². The molecule has 1 aromatic heterocycles. The van der Waals surface area contributed by atoms with Gasteiger partial charge in [0.15, 0.2) is 11.6 Å². The van der Waals surface area contributed by atoms with E-state index in [1.807, 2.05) is 43.3 Å². The summed E-state index contributed by atoms with van der Waals surface area (Å²) in [6, 6.07) is 13.7. The van der Waals surface area contributed by atoms with Gasteiger partial charge >= 0.3 is 0 Å². The summed E-state index contributed by atoms with van der Waals surface area (Å²) in [5.41, 5.74) is 5.62. The van der Waals surface area contributed by atoms with Gasteiger partial charge in [-0.05, 0) is 42.2 Å². The van der Waals surface area contributed by atoms with Crippen LogP contribution in [0.1, 0.15) is 38.4 Å². The fourth-order valence-corrected chi connectivity index (χ4v) is 3.68. The van der Waals surface area contributed by atoms with Crippen LogP contribution in [-0.2, 0) is 24.1 Å². The molecule has 0 radical (unpaired) electrons. The summed E-state index contributed by atoms with van der Waals surface area (Å²) in [4.78, 5) is 25.3. The molecule has 0 fully saturated rings. The summed E-state index contributed by atoms with van der Waals surface area (Å²) >= 11 is 0. The Balaban J connectivity index is 1.46. The molecule has 1 N–H and O–H groups in total. The van der Waals surface area contributed by atoms with Gasteiger partial charge in [-0.25, -0.2) is 0 Å². The maximum atomic E-state index is 12.8. The smallest absolute Gasteiger partial charge is 0.172 e. The largest absolute Gasteiger partial charge is 0.375 e. The summed E-state index contributed by atoms with van der Waals surface area (Å²) < 4.78 is 4.99. The minimum atomic E-state index is -0.191. The highest BCUT2D eigenvalue weighted by atomic mass is 16.5. The molecule has 0 spiro atoms. The third kappa shape index (κ3) is 3.60. The molecule has 2 aromatic carbocycles. The van der Waals surface area contributed by atoms with Gasteiger partial charge in [0.1, 0.15) is 5.76 Å². The summed E-state index contributed by atoms with van der Waals surface area (Å²) in [6.07, 6.45) is 2.80. The lowest BCUT2D eigenvalue weighted by Gasteiger charge is -2.12. The van der Waals surface area contributed by atoms with E-state index in [0.29, 0.717) is 17.7 Å². The lowest BCUT2D eigenvalue weighted by Crippen LogP contribution is -2.28. The van der Waals surface area contributed by atoms with Crippen molar-refractivity contribution in [3.05, 3.63) is 82.2 Å². The average molecular weight is 374 g/mol. The van der Waals surface area contributed by atoms with Crippen molar-refractivity contribution in [2.45, 2.75) is 39.2 Å². The van der Waals surface area contributed by atoms with Gasteiger partial charge in [-0.3, -0.25) is 9.59 Å². The first-order valence-electron chi connectivity index (χ1n) is 9.41.